The van der Waals surface area contributed by atoms with Gasteiger partial charge >= 0.3 is 0 Å². The molecule has 0 aromatic heterocycles. The van der Waals surface area contributed by atoms with E-state index in [1.807, 2.05) is 0 Å². The Balaban J connectivity index is 0.818. The third-order valence-corrected chi connectivity index (χ3v) is 22.8. The fourth-order valence-corrected chi connectivity index (χ4v) is 15.5. The normalized spacial score (nSPS) is 55.2. The molecule has 11 rings (SSSR count). The van der Waals surface area contributed by atoms with Gasteiger partial charge in [0.2, 0.25) is 0 Å². The van der Waals surface area contributed by atoms with E-state index in [0.717, 1.165) is 0 Å². The lowest BCUT2D eigenvalue weighted by atomic mass is 9.95. The van der Waals surface area contributed by atoms with Crippen molar-refractivity contribution < 1.29 is 258 Å². The van der Waals surface area contributed by atoms with Crippen molar-refractivity contribution in [3.05, 3.63) is 0 Å². The summed E-state index contributed by atoms with van der Waals surface area (Å²) in [5.74, 6) is 0. The predicted octanol–water partition coefficient (Wildman–Crippen LogP) is -20.9. The molecular formula is C66H112O52. The maximum Gasteiger partial charge on any atom is 0.187 e. The lowest BCUT2D eigenvalue weighted by Crippen LogP contribution is -2.69. The van der Waals surface area contributed by atoms with E-state index in [0.29, 0.717) is 0 Å². The summed E-state index contributed by atoms with van der Waals surface area (Å²) in [6.07, 6.45) is -112. The van der Waals surface area contributed by atoms with Crippen molar-refractivity contribution in [2.75, 3.05) is 46.2 Å². The molecule has 11 fully saturated rings. The van der Waals surface area contributed by atoms with Crippen LogP contribution in [0.15, 0.2) is 0 Å². The topological polar surface area (TPSA) is 821 Å². The maximum atomic E-state index is 12.1. The van der Waals surface area contributed by atoms with E-state index in [1.54, 1.807) is 0 Å². The van der Waals surface area contributed by atoms with Crippen LogP contribution in [-0.4, -0.2) is 542 Å². The maximum absolute atomic E-state index is 12.1. The molecule has 11 saturated heterocycles. The Hall–Kier alpha value is -2.08. The average molecular weight is 1740 g/mol. The standard InChI is InChI=1S/C66H112O52/c1-12-23(73)31(81)40(90)58(99-12)112-49-21(10-72)103-56(97)54(53(49)116-61-43(93)35(85)29(79)22(109-61)11-98-57-39(89)33(83)27(77)16(5-67)104-57)117-63-45(95)38(88)47(19(8-70)108-63)110-65-52(36(86)25(75)14(3)101-65)115-62-44(94)37(87)48(20(9-71)107-62)111-66-55(118-60-42(92)34(84)28(78)17(6-68)105-60)51(26(76)15(4)102-66)114-64-46(96)50(30(80)18(7-69)106-64)113-59-41(91)32(82)24(74)13(2)100-59/h12-97H,5-11H2,1-4H3/t12-,13-,14-,15-,16+,17+,18+,19+,20+,21+,22+,23+,24-,25-,26-,27+,28+,29+,30+,31+,32+,33-,34-,35-,36+,37+,38+,39+,40-,41+,42+,43+,44+,45+,46+,47+,48+,49+,50-,51+,52+,53-,54+,55+,56?,57+,58-,59-,60+,61-,62+,63+,64-,65-,66-/m0/s1. The van der Waals surface area contributed by atoms with Gasteiger partial charge in [0.25, 0.3) is 0 Å². The first-order valence-corrected chi connectivity index (χ1v) is 38.1. The molecule has 52 heteroatoms. The van der Waals surface area contributed by atoms with Gasteiger partial charge in [0, 0.05) is 0 Å². The Kier molecular flexibility index (Phi) is 33.5. The molecule has 0 radical (unpaired) electrons. The van der Waals surface area contributed by atoms with Crippen molar-refractivity contribution in [2.45, 2.75) is 365 Å². The summed E-state index contributed by atoms with van der Waals surface area (Å²) in [6, 6.07) is 0. The zero-order valence-electron chi connectivity index (χ0n) is 63.1. The summed E-state index contributed by atoms with van der Waals surface area (Å²) in [6.45, 7) is -2.62. The van der Waals surface area contributed by atoms with Crippen LogP contribution in [0.2, 0.25) is 0 Å². The molecule has 0 saturated carbocycles. The average Bonchev–Trinajstić information content (AvgIpc) is 0.746. The summed E-state index contributed by atoms with van der Waals surface area (Å²) >= 11 is 0. The van der Waals surface area contributed by atoms with Crippen LogP contribution in [0, 0.1) is 0 Å². The van der Waals surface area contributed by atoms with Gasteiger partial charge in [0.1, 0.15) is 244 Å². The molecule has 0 aliphatic carbocycles. The van der Waals surface area contributed by atoms with Gasteiger partial charge in [-0.2, -0.15) is 0 Å². The van der Waals surface area contributed by atoms with Crippen LogP contribution in [0.4, 0.5) is 0 Å². The molecule has 31 N–H and O–H groups in total. The minimum atomic E-state index is -2.49. The van der Waals surface area contributed by atoms with Gasteiger partial charge in [0.05, 0.1) is 70.7 Å². The van der Waals surface area contributed by atoms with Gasteiger partial charge in [-0.25, -0.2) is 0 Å². The monoisotopic (exact) mass is 1740 g/mol. The molecular weight excluding hydrogens is 1620 g/mol. The first-order valence-electron chi connectivity index (χ1n) is 38.1. The van der Waals surface area contributed by atoms with Gasteiger partial charge in [-0.1, -0.05) is 0 Å². The number of hydrogen-bond acceptors (Lipinski definition) is 52. The van der Waals surface area contributed by atoms with Crippen LogP contribution in [0.25, 0.3) is 0 Å². The van der Waals surface area contributed by atoms with Crippen molar-refractivity contribution in [2.24, 2.45) is 0 Å². The molecule has 0 spiro atoms. The second-order valence-electron chi connectivity index (χ2n) is 30.8. The molecule has 118 heavy (non-hydrogen) atoms. The molecule has 1 unspecified atom stereocenters. The second kappa shape index (κ2) is 40.9. The minimum absolute atomic E-state index is 0.894. The molecule has 0 aromatic rings. The number of ether oxygens (including phenoxy) is 21. The van der Waals surface area contributed by atoms with E-state index >= 15 is 0 Å². The lowest BCUT2D eigenvalue weighted by Gasteiger charge is -2.51. The Morgan fingerprint density at radius 2 is 0.432 bits per heavy atom. The van der Waals surface area contributed by atoms with Gasteiger partial charge in [-0.3, -0.25) is 0 Å². The molecule has 0 aromatic carbocycles. The van der Waals surface area contributed by atoms with Gasteiger partial charge in [0.15, 0.2) is 69.2 Å². The largest absolute Gasteiger partial charge is 0.394 e. The fourth-order valence-electron chi connectivity index (χ4n) is 15.5. The number of aliphatic hydroxyl groups is 31. The molecule has 688 valence electrons. The van der Waals surface area contributed by atoms with Crippen molar-refractivity contribution in [3.63, 3.8) is 0 Å². The fraction of sp³-hybridized carbons (Fsp3) is 1.00. The van der Waals surface area contributed by atoms with E-state index in [9.17, 15) is 158 Å². The zero-order chi connectivity index (χ0) is 86.6. The Morgan fingerprint density at radius 3 is 0.881 bits per heavy atom. The molecule has 11 aliphatic heterocycles. The third-order valence-electron chi connectivity index (χ3n) is 22.8. The third kappa shape index (κ3) is 19.8. The highest BCUT2D eigenvalue weighted by atomic mass is 16.8. The van der Waals surface area contributed by atoms with Crippen LogP contribution < -0.4 is 0 Å². The first-order chi connectivity index (χ1) is 55.7. The molecule has 0 bridgehead atoms. The Morgan fingerprint density at radius 1 is 0.169 bits per heavy atom. The van der Waals surface area contributed by atoms with Gasteiger partial charge in [-0.05, 0) is 27.7 Å². The SMILES string of the molecule is C[C@@H]1O[C@@H](O[C@@H]2[C@@H](O)[C@H](O[C@@H]3[C@@H](O)[C@H](C)O[C@@H](O[C@H]4[C@H](O)[C@@H](O)[C@@H](O[C@H]5[C@H](O[C@H]6[C@H](O)[C@@H](O)[C@@H](O[C@H]7C(O)O[C@H](CO)[C@@H](O[C@@H]8O[C@@H](C)[C@@H](O)[C@@H](O)[C@@H]8O)[C@@H]7O[C@@H]7O[C@H](CO[C@@H]8O[C@H](CO)[C@@H](O)[C@H](O)[C@H]8O)[C@@H](O)[C@H](O)[C@H]7O)O[C@@H]6CO)O[C@@H](C)[C@H](O)[C@H]5O)O[C@@H]4CO)[C@@H]3O[C@H]3O[C@H](CO)[C@@H](O)[C@H](O)[C@H]3O)O[C@H](CO)[C@H]2O)[C@H](O)[C@H](O)[C@H]1O. The zero-order valence-corrected chi connectivity index (χ0v) is 63.1. The summed E-state index contributed by atoms with van der Waals surface area (Å²) in [7, 11) is 0. The first kappa shape index (κ1) is 96.6. The van der Waals surface area contributed by atoms with Gasteiger partial charge in [-0.15, -0.1) is 0 Å². The van der Waals surface area contributed by atoms with Crippen molar-refractivity contribution in [3.8, 4) is 0 Å². The Labute approximate surface area is 667 Å². The summed E-state index contributed by atoms with van der Waals surface area (Å²) < 4.78 is 123. The molecule has 0 amide bonds. The van der Waals surface area contributed by atoms with E-state index in [4.69, 9.17) is 99.5 Å². The summed E-state index contributed by atoms with van der Waals surface area (Å²) in [5, 5.41) is 343. The second-order valence-corrected chi connectivity index (χ2v) is 30.8. The smallest absolute Gasteiger partial charge is 0.187 e. The van der Waals surface area contributed by atoms with Crippen molar-refractivity contribution >= 4 is 0 Å². The number of hydrogen-bond donors (Lipinski definition) is 31. The van der Waals surface area contributed by atoms with Crippen LogP contribution in [0.1, 0.15) is 27.7 Å². The van der Waals surface area contributed by atoms with Crippen LogP contribution >= 0.6 is 0 Å². The highest BCUT2D eigenvalue weighted by Gasteiger charge is 2.63. The van der Waals surface area contributed by atoms with Crippen LogP contribution in [0.3, 0.4) is 0 Å². The van der Waals surface area contributed by atoms with Crippen LogP contribution in [-0.2, 0) is 99.5 Å². The minimum Gasteiger partial charge on any atom is -0.394 e. The highest BCUT2D eigenvalue weighted by Crippen LogP contribution is 2.42. The Bertz CT molecular complexity index is 3040. The molecule has 55 atom stereocenters. The molecule has 52 nitrogen and oxygen atoms in total. The molecule has 11 heterocycles. The predicted molar refractivity (Wildman–Crippen MR) is 357 cm³/mol. The quantitative estimate of drug-likeness (QED) is 0.0363. The summed E-state index contributed by atoms with van der Waals surface area (Å²) in [4.78, 5) is 0. The van der Waals surface area contributed by atoms with E-state index in [2.05, 4.69) is 0 Å². The van der Waals surface area contributed by atoms with Crippen LogP contribution in [0.5, 0.6) is 0 Å². The highest BCUT2D eigenvalue weighted by molar-refractivity contribution is 5.04. The molecule has 11 aliphatic rings. The number of aliphatic hydroxyl groups excluding tert-OH is 31. The van der Waals surface area contributed by atoms with E-state index < -0.39 is 384 Å². The van der Waals surface area contributed by atoms with Gasteiger partial charge < -0.3 is 258 Å². The summed E-state index contributed by atoms with van der Waals surface area (Å²) in [5.41, 5.74) is 0. The van der Waals surface area contributed by atoms with E-state index in [1.165, 1.54) is 27.7 Å². The van der Waals surface area contributed by atoms with E-state index in [-0.39, 0.29) is 0 Å². The number of rotatable bonds is 27. The van der Waals surface area contributed by atoms with Crippen molar-refractivity contribution in [1.29, 1.82) is 0 Å². The van der Waals surface area contributed by atoms with Crippen molar-refractivity contribution in [1.82, 2.24) is 0 Å². The lowest BCUT2D eigenvalue weighted by molar-refractivity contribution is -0.416.